The molecule has 1 heterocycles. The Balaban J connectivity index is 2.50. The number of anilines is 1. The van der Waals surface area contributed by atoms with E-state index >= 15 is 0 Å². The van der Waals surface area contributed by atoms with Gasteiger partial charge in [0.25, 0.3) is 10.0 Å². The average molecular weight is 349 g/mol. The zero-order chi connectivity index (χ0) is 15.8. The van der Waals surface area contributed by atoms with Crippen LogP contribution in [0.2, 0.25) is 10.3 Å². The normalized spacial score (nSPS) is 11.5. The number of pyridine rings is 1. The van der Waals surface area contributed by atoms with Gasteiger partial charge < -0.3 is 0 Å². The summed E-state index contributed by atoms with van der Waals surface area (Å²) in [7, 11) is -3.98. The van der Waals surface area contributed by atoms with Crippen molar-refractivity contribution in [2.24, 2.45) is 0 Å². The van der Waals surface area contributed by atoms with Crippen LogP contribution >= 0.6 is 23.2 Å². The van der Waals surface area contributed by atoms with Crippen molar-refractivity contribution in [1.82, 2.24) is 4.98 Å². The maximum Gasteiger partial charge on any atom is 0.262 e. The Hall–Kier alpha value is -1.37. The van der Waals surface area contributed by atoms with Gasteiger partial charge in [0.1, 0.15) is 11.0 Å². The van der Waals surface area contributed by atoms with Crippen LogP contribution in [-0.2, 0) is 10.0 Å². The zero-order valence-electron chi connectivity index (χ0n) is 11.1. The Bertz CT molecular complexity index is 787. The summed E-state index contributed by atoms with van der Waals surface area (Å²) in [5, 5.41) is 0.0833. The quantitative estimate of drug-likeness (QED) is 0.854. The van der Waals surface area contributed by atoms with E-state index in [-0.39, 0.29) is 20.9 Å². The third-order valence-electron chi connectivity index (χ3n) is 2.82. The predicted molar refractivity (Wildman–Crippen MR) is 80.9 cm³/mol. The Labute approximate surface area is 132 Å². The molecule has 1 N–H and O–H groups in total. The number of nitrogens with one attached hydrogen (secondary N) is 1. The highest BCUT2D eigenvalue weighted by Crippen LogP contribution is 2.29. The topological polar surface area (TPSA) is 59.1 Å². The minimum Gasteiger partial charge on any atom is -0.276 e. The van der Waals surface area contributed by atoms with Crippen LogP contribution in [-0.4, -0.2) is 13.4 Å². The van der Waals surface area contributed by atoms with Crippen LogP contribution in [0.4, 0.5) is 10.1 Å². The number of rotatable bonds is 3. The van der Waals surface area contributed by atoms with Crippen molar-refractivity contribution in [3.8, 4) is 0 Å². The molecule has 0 aliphatic rings. The summed E-state index contributed by atoms with van der Waals surface area (Å²) in [6.07, 6.45) is 0. The number of hydrogen-bond acceptors (Lipinski definition) is 3. The van der Waals surface area contributed by atoms with Gasteiger partial charge in [-0.2, -0.15) is 0 Å². The first-order valence-corrected chi connectivity index (χ1v) is 8.06. The van der Waals surface area contributed by atoms with E-state index in [4.69, 9.17) is 23.2 Å². The van der Waals surface area contributed by atoms with E-state index in [0.29, 0.717) is 11.1 Å². The molecule has 0 spiro atoms. The monoisotopic (exact) mass is 348 g/mol. The van der Waals surface area contributed by atoms with Crippen LogP contribution in [0, 0.1) is 19.7 Å². The van der Waals surface area contributed by atoms with Crippen molar-refractivity contribution in [3.05, 3.63) is 51.5 Å². The number of halogens is 3. The lowest BCUT2D eigenvalue weighted by molar-refractivity contribution is 0.594. The van der Waals surface area contributed by atoms with E-state index < -0.39 is 15.8 Å². The smallest absolute Gasteiger partial charge is 0.262 e. The number of nitrogens with zero attached hydrogens (tertiary/aromatic N) is 1. The standard InChI is InChI=1S/C13H11Cl2FN2O2S/c1-7-3-4-9(16)6-10(7)21(19,20)18-12-8(2)5-11(14)17-13(12)15/h3-6,18H,1-2H3. The molecule has 0 saturated heterocycles. The molecule has 0 radical (unpaired) electrons. The molecule has 0 bridgehead atoms. The number of sulfonamides is 1. The highest BCUT2D eigenvalue weighted by molar-refractivity contribution is 7.92. The van der Waals surface area contributed by atoms with E-state index in [9.17, 15) is 12.8 Å². The van der Waals surface area contributed by atoms with Gasteiger partial charge in [0.2, 0.25) is 0 Å². The third kappa shape index (κ3) is 3.45. The zero-order valence-corrected chi connectivity index (χ0v) is 13.4. The van der Waals surface area contributed by atoms with Crippen molar-refractivity contribution >= 4 is 38.9 Å². The fourth-order valence-electron chi connectivity index (χ4n) is 1.77. The molecular formula is C13H11Cl2FN2O2S. The molecule has 2 aromatic rings. The summed E-state index contributed by atoms with van der Waals surface area (Å²) in [5.74, 6) is -0.641. The van der Waals surface area contributed by atoms with Gasteiger partial charge in [-0.3, -0.25) is 4.72 Å². The molecule has 8 heteroatoms. The van der Waals surface area contributed by atoms with Gasteiger partial charge in [-0.15, -0.1) is 0 Å². The number of benzene rings is 1. The van der Waals surface area contributed by atoms with Gasteiger partial charge in [-0.25, -0.2) is 17.8 Å². The lowest BCUT2D eigenvalue weighted by Gasteiger charge is -2.13. The Morgan fingerprint density at radius 3 is 2.43 bits per heavy atom. The Kier molecular flexibility index (Phi) is 4.41. The van der Waals surface area contributed by atoms with E-state index in [0.717, 1.165) is 6.07 Å². The van der Waals surface area contributed by atoms with Gasteiger partial charge in [0, 0.05) is 0 Å². The van der Waals surface area contributed by atoms with E-state index in [1.54, 1.807) is 13.8 Å². The fourth-order valence-corrected chi connectivity index (χ4v) is 3.80. The van der Waals surface area contributed by atoms with Gasteiger partial charge >= 0.3 is 0 Å². The second-order valence-electron chi connectivity index (χ2n) is 4.44. The first kappa shape index (κ1) is 16.0. The van der Waals surface area contributed by atoms with Crippen molar-refractivity contribution in [3.63, 3.8) is 0 Å². The van der Waals surface area contributed by atoms with Crippen molar-refractivity contribution in [1.29, 1.82) is 0 Å². The molecule has 0 unspecified atom stereocenters. The number of hydrogen-bond donors (Lipinski definition) is 1. The second kappa shape index (κ2) is 5.79. The lowest BCUT2D eigenvalue weighted by Crippen LogP contribution is -2.16. The largest absolute Gasteiger partial charge is 0.276 e. The molecule has 4 nitrogen and oxygen atoms in total. The SMILES string of the molecule is Cc1ccc(F)cc1S(=O)(=O)Nc1c(C)cc(Cl)nc1Cl. The van der Waals surface area contributed by atoms with Crippen LogP contribution in [0.15, 0.2) is 29.2 Å². The first-order valence-electron chi connectivity index (χ1n) is 5.82. The van der Waals surface area contributed by atoms with E-state index in [2.05, 4.69) is 9.71 Å². The second-order valence-corrected chi connectivity index (χ2v) is 6.84. The first-order chi connectivity index (χ1) is 9.70. The predicted octanol–water partition coefficient (Wildman–Crippen LogP) is 3.95. The molecule has 0 aliphatic carbocycles. The minimum atomic E-state index is -3.98. The fraction of sp³-hybridized carbons (Fsp3) is 0.154. The summed E-state index contributed by atoms with van der Waals surface area (Å²) in [5.41, 5.74) is 1.04. The molecule has 2 rings (SSSR count). The van der Waals surface area contributed by atoms with Crippen molar-refractivity contribution in [2.45, 2.75) is 18.7 Å². The molecule has 0 amide bonds. The van der Waals surface area contributed by atoms with Gasteiger partial charge in [-0.1, -0.05) is 29.3 Å². The van der Waals surface area contributed by atoms with Crippen LogP contribution < -0.4 is 4.72 Å². The molecule has 0 atom stereocenters. The average Bonchev–Trinajstić information content (AvgIpc) is 2.36. The van der Waals surface area contributed by atoms with Crippen molar-refractivity contribution in [2.75, 3.05) is 4.72 Å². The van der Waals surface area contributed by atoms with Gasteiger partial charge in [0.15, 0.2) is 5.15 Å². The molecular weight excluding hydrogens is 338 g/mol. The molecule has 0 fully saturated rings. The van der Waals surface area contributed by atoms with E-state index in [1.165, 1.54) is 18.2 Å². The third-order valence-corrected chi connectivity index (χ3v) is 4.78. The molecule has 1 aromatic heterocycles. The van der Waals surface area contributed by atoms with Gasteiger partial charge in [0.05, 0.1) is 10.6 Å². The number of aromatic nitrogens is 1. The summed E-state index contributed by atoms with van der Waals surface area (Å²) >= 11 is 11.6. The van der Waals surface area contributed by atoms with Crippen molar-refractivity contribution < 1.29 is 12.8 Å². The molecule has 21 heavy (non-hydrogen) atoms. The molecule has 0 saturated carbocycles. The maximum absolute atomic E-state index is 13.3. The minimum absolute atomic E-state index is 0.0716. The highest BCUT2D eigenvalue weighted by atomic mass is 35.5. The maximum atomic E-state index is 13.3. The molecule has 0 aliphatic heterocycles. The molecule has 112 valence electrons. The summed E-state index contributed by atoms with van der Waals surface area (Å²) in [6.45, 7) is 3.21. The van der Waals surface area contributed by atoms with E-state index in [1.807, 2.05) is 0 Å². The van der Waals surface area contributed by atoms with Crippen LogP contribution in [0.3, 0.4) is 0 Å². The lowest BCUT2D eigenvalue weighted by atomic mass is 10.2. The molecule has 1 aromatic carbocycles. The summed E-state index contributed by atoms with van der Waals surface area (Å²) in [6, 6.07) is 5.00. The summed E-state index contributed by atoms with van der Waals surface area (Å²) < 4.78 is 40.3. The Morgan fingerprint density at radius 2 is 1.81 bits per heavy atom. The Morgan fingerprint density at radius 1 is 1.14 bits per heavy atom. The van der Waals surface area contributed by atoms with Crippen LogP contribution in [0.1, 0.15) is 11.1 Å². The van der Waals surface area contributed by atoms with Gasteiger partial charge in [-0.05, 0) is 43.2 Å². The number of aryl methyl sites for hydroxylation is 2. The summed E-state index contributed by atoms with van der Waals surface area (Å²) in [4.78, 5) is 3.62. The van der Waals surface area contributed by atoms with Crippen LogP contribution in [0.25, 0.3) is 0 Å². The van der Waals surface area contributed by atoms with Crippen LogP contribution in [0.5, 0.6) is 0 Å². The highest BCUT2D eigenvalue weighted by Gasteiger charge is 2.20.